The van der Waals surface area contributed by atoms with Crippen LogP contribution in [0.3, 0.4) is 0 Å². The molecule has 0 aliphatic carbocycles. The fourth-order valence-electron chi connectivity index (χ4n) is 1.84. The number of pyridine rings is 1. The van der Waals surface area contributed by atoms with Crippen LogP contribution < -0.4 is 4.90 Å². The number of aryl methyl sites for hydroxylation is 1. The Morgan fingerprint density at radius 2 is 2.00 bits per heavy atom. The third-order valence-electron chi connectivity index (χ3n) is 2.71. The number of hydrogen-bond donors (Lipinski definition) is 0. The van der Waals surface area contributed by atoms with Crippen LogP contribution in [0.4, 0.5) is 5.82 Å². The largest absolute Gasteiger partial charge is 0.353 e. The van der Waals surface area contributed by atoms with Crippen molar-refractivity contribution in [1.82, 2.24) is 4.98 Å². The molecule has 0 fully saturated rings. The van der Waals surface area contributed by atoms with Crippen LogP contribution in [0, 0.1) is 24.2 Å². The molecule has 0 amide bonds. The number of anilines is 1. The quantitative estimate of drug-likeness (QED) is 0.799. The van der Waals surface area contributed by atoms with Crippen LogP contribution in [-0.2, 0) is 0 Å². The highest BCUT2D eigenvalue weighted by molar-refractivity contribution is 5.57. The first-order valence-electron chi connectivity index (χ1n) is 6.09. The van der Waals surface area contributed by atoms with Gasteiger partial charge in [-0.05, 0) is 38.3 Å². The fraction of sp³-hybridized carbons (Fsp3) is 0.571. The van der Waals surface area contributed by atoms with E-state index in [1.165, 1.54) is 0 Å². The van der Waals surface area contributed by atoms with Gasteiger partial charge in [0.15, 0.2) is 0 Å². The minimum absolute atomic E-state index is 0.346. The van der Waals surface area contributed by atoms with Crippen LogP contribution in [0.25, 0.3) is 0 Å². The molecule has 0 bridgehead atoms. The lowest BCUT2D eigenvalue weighted by Gasteiger charge is -2.30. The fourth-order valence-corrected chi connectivity index (χ4v) is 1.84. The van der Waals surface area contributed by atoms with Crippen LogP contribution in [-0.4, -0.2) is 17.6 Å². The molecule has 0 unspecified atom stereocenters. The van der Waals surface area contributed by atoms with Crippen molar-refractivity contribution in [3.05, 3.63) is 23.4 Å². The highest BCUT2D eigenvalue weighted by atomic mass is 15.2. The molecule has 0 atom stereocenters. The molecule has 1 aromatic rings. The Bertz CT molecular complexity index is 416. The van der Waals surface area contributed by atoms with Crippen molar-refractivity contribution < 1.29 is 0 Å². The molecule has 3 nitrogen and oxygen atoms in total. The van der Waals surface area contributed by atoms with Crippen molar-refractivity contribution in [2.24, 2.45) is 5.92 Å². The molecule has 0 aliphatic heterocycles. The lowest BCUT2D eigenvalue weighted by molar-refractivity contribution is 0.565. The number of rotatable bonds is 4. The van der Waals surface area contributed by atoms with E-state index < -0.39 is 0 Å². The van der Waals surface area contributed by atoms with E-state index >= 15 is 0 Å². The molecule has 0 saturated heterocycles. The Morgan fingerprint density at radius 1 is 1.35 bits per heavy atom. The van der Waals surface area contributed by atoms with Crippen LogP contribution in [0.1, 0.15) is 38.8 Å². The normalized spacial score (nSPS) is 10.7. The standard InChI is InChI=1S/C14H21N3/c1-10(2)9-17(11(3)4)14-13(8-15)12(5)6-7-16-14/h6-7,10-11H,9H2,1-5H3. The van der Waals surface area contributed by atoms with E-state index in [2.05, 4.69) is 43.6 Å². The average molecular weight is 231 g/mol. The Labute approximate surface area is 104 Å². The van der Waals surface area contributed by atoms with Crippen molar-refractivity contribution >= 4 is 5.82 Å². The zero-order chi connectivity index (χ0) is 13.0. The molecule has 1 rings (SSSR count). The van der Waals surface area contributed by atoms with Crippen molar-refractivity contribution in [2.75, 3.05) is 11.4 Å². The van der Waals surface area contributed by atoms with Gasteiger partial charge in [-0.1, -0.05) is 13.8 Å². The van der Waals surface area contributed by atoms with Crippen molar-refractivity contribution in [2.45, 2.75) is 40.7 Å². The van der Waals surface area contributed by atoms with Gasteiger partial charge >= 0.3 is 0 Å². The molecule has 0 aliphatic rings. The summed E-state index contributed by atoms with van der Waals surface area (Å²) in [6.45, 7) is 11.5. The number of nitriles is 1. The predicted molar refractivity (Wildman–Crippen MR) is 71.0 cm³/mol. The highest BCUT2D eigenvalue weighted by Gasteiger charge is 2.18. The number of nitrogens with zero attached hydrogens (tertiary/aromatic N) is 3. The molecular formula is C14H21N3. The Balaban J connectivity index is 3.19. The van der Waals surface area contributed by atoms with Gasteiger partial charge in [0.2, 0.25) is 0 Å². The Kier molecular flexibility index (Phi) is 4.51. The number of hydrogen-bond acceptors (Lipinski definition) is 3. The summed E-state index contributed by atoms with van der Waals surface area (Å²) in [6.07, 6.45) is 1.78. The van der Waals surface area contributed by atoms with E-state index in [-0.39, 0.29) is 0 Å². The first-order valence-corrected chi connectivity index (χ1v) is 6.09. The van der Waals surface area contributed by atoms with Gasteiger partial charge in [-0.25, -0.2) is 4.98 Å². The minimum atomic E-state index is 0.346. The van der Waals surface area contributed by atoms with Crippen LogP contribution in [0.5, 0.6) is 0 Å². The van der Waals surface area contributed by atoms with Crippen LogP contribution >= 0.6 is 0 Å². The molecule has 3 heteroatoms. The van der Waals surface area contributed by atoms with E-state index in [0.29, 0.717) is 17.5 Å². The van der Waals surface area contributed by atoms with Crippen molar-refractivity contribution in [1.29, 1.82) is 5.26 Å². The summed E-state index contributed by atoms with van der Waals surface area (Å²) in [6, 6.07) is 4.50. The molecule has 1 heterocycles. The second-order valence-corrected chi connectivity index (χ2v) is 5.08. The van der Waals surface area contributed by atoms with E-state index in [1.54, 1.807) is 6.20 Å². The summed E-state index contributed by atoms with van der Waals surface area (Å²) in [7, 11) is 0. The average Bonchev–Trinajstić information content (AvgIpc) is 2.25. The topological polar surface area (TPSA) is 39.9 Å². The van der Waals surface area contributed by atoms with E-state index in [0.717, 1.165) is 17.9 Å². The molecule has 0 radical (unpaired) electrons. The van der Waals surface area contributed by atoms with E-state index in [1.807, 2.05) is 13.0 Å². The molecule has 17 heavy (non-hydrogen) atoms. The Hall–Kier alpha value is -1.56. The molecular weight excluding hydrogens is 210 g/mol. The third kappa shape index (κ3) is 3.20. The van der Waals surface area contributed by atoms with Gasteiger partial charge in [0.05, 0.1) is 5.56 Å². The van der Waals surface area contributed by atoms with Crippen LogP contribution in [0.2, 0.25) is 0 Å². The van der Waals surface area contributed by atoms with Crippen molar-refractivity contribution in [3.63, 3.8) is 0 Å². The number of aromatic nitrogens is 1. The third-order valence-corrected chi connectivity index (χ3v) is 2.71. The van der Waals surface area contributed by atoms with E-state index in [4.69, 9.17) is 0 Å². The van der Waals surface area contributed by atoms with Gasteiger partial charge in [-0.3, -0.25) is 0 Å². The summed E-state index contributed by atoms with van der Waals surface area (Å²) < 4.78 is 0. The summed E-state index contributed by atoms with van der Waals surface area (Å²) in [5.74, 6) is 1.36. The van der Waals surface area contributed by atoms with E-state index in [9.17, 15) is 5.26 Å². The van der Waals surface area contributed by atoms with Crippen molar-refractivity contribution in [3.8, 4) is 6.07 Å². The van der Waals surface area contributed by atoms with Gasteiger partial charge in [0.25, 0.3) is 0 Å². The zero-order valence-electron chi connectivity index (χ0n) is 11.4. The monoisotopic (exact) mass is 231 g/mol. The predicted octanol–water partition coefficient (Wildman–Crippen LogP) is 3.13. The van der Waals surface area contributed by atoms with Gasteiger partial charge in [0, 0.05) is 18.8 Å². The minimum Gasteiger partial charge on any atom is -0.353 e. The SMILES string of the molecule is Cc1ccnc(N(CC(C)C)C(C)C)c1C#N. The highest BCUT2D eigenvalue weighted by Crippen LogP contribution is 2.22. The maximum atomic E-state index is 9.25. The second kappa shape index (κ2) is 5.67. The molecule has 92 valence electrons. The maximum Gasteiger partial charge on any atom is 0.146 e. The summed E-state index contributed by atoms with van der Waals surface area (Å²) in [5.41, 5.74) is 1.69. The first-order chi connectivity index (χ1) is 7.97. The lowest BCUT2D eigenvalue weighted by atomic mass is 10.1. The van der Waals surface area contributed by atoms with Crippen LogP contribution in [0.15, 0.2) is 12.3 Å². The lowest BCUT2D eigenvalue weighted by Crippen LogP contribution is -2.35. The summed E-state index contributed by atoms with van der Waals surface area (Å²) in [5, 5.41) is 9.25. The molecule has 0 saturated carbocycles. The van der Waals surface area contributed by atoms with Gasteiger partial charge in [0.1, 0.15) is 11.9 Å². The first kappa shape index (κ1) is 13.5. The molecule has 0 N–H and O–H groups in total. The molecule has 0 aromatic carbocycles. The summed E-state index contributed by atoms with van der Waals surface area (Å²) in [4.78, 5) is 6.59. The summed E-state index contributed by atoms with van der Waals surface area (Å²) >= 11 is 0. The maximum absolute atomic E-state index is 9.25. The Morgan fingerprint density at radius 3 is 2.47 bits per heavy atom. The zero-order valence-corrected chi connectivity index (χ0v) is 11.4. The van der Waals surface area contributed by atoms with Gasteiger partial charge in [-0.2, -0.15) is 5.26 Å². The second-order valence-electron chi connectivity index (χ2n) is 5.08. The molecule has 0 spiro atoms. The smallest absolute Gasteiger partial charge is 0.146 e. The van der Waals surface area contributed by atoms with Gasteiger partial charge < -0.3 is 4.90 Å². The van der Waals surface area contributed by atoms with Gasteiger partial charge in [-0.15, -0.1) is 0 Å². The molecule has 1 aromatic heterocycles.